The third-order valence-corrected chi connectivity index (χ3v) is 3.82. The van der Waals surface area contributed by atoms with Crippen molar-refractivity contribution in [2.45, 2.75) is 13.5 Å². The molecule has 0 atom stereocenters. The normalized spacial score (nSPS) is 10.7. The van der Waals surface area contributed by atoms with E-state index in [2.05, 4.69) is 15.7 Å². The van der Waals surface area contributed by atoms with E-state index in [-0.39, 0.29) is 42.8 Å². The molecule has 8 heteroatoms. The largest absolute Gasteiger partial charge is 0.459 e. The summed E-state index contributed by atoms with van der Waals surface area (Å²) in [6.45, 7) is 2.08. The zero-order valence-electron chi connectivity index (χ0n) is 14.2. The molecule has 2 amide bonds. The third kappa shape index (κ3) is 3.80. The Morgan fingerprint density at radius 2 is 1.81 bits per heavy atom. The first-order valence-electron chi connectivity index (χ1n) is 8.11. The van der Waals surface area contributed by atoms with E-state index in [1.54, 1.807) is 31.2 Å². The van der Waals surface area contributed by atoms with Crippen molar-refractivity contribution in [2.75, 3.05) is 13.1 Å². The van der Waals surface area contributed by atoms with Gasteiger partial charge in [0.25, 0.3) is 11.5 Å². The first-order valence-corrected chi connectivity index (χ1v) is 8.11. The summed E-state index contributed by atoms with van der Waals surface area (Å²) in [7, 11) is 0. The van der Waals surface area contributed by atoms with E-state index in [0.717, 1.165) is 10.1 Å². The van der Waals surface area contributed by atoms with Crippen molar-refractivity contribution in [3.63, 3.8) is 0 Å². The molecular formula is C18H18N4O4. The van der Waals surface area contributed by atoms with E-state index in [4.69, 9.17) is 4.42 Å². The Hall–Kier alpha value is -3.42. The number of nitrogens with one attached hydrogen (secondary N) is 2. The van der Waals surface area contributed by atoms with Gasteiger partial charge in [0.05, 0.1) is 17.3 Å². The van der Waals surface area contributed by atoms with Gasteiger partial charge in [-0.1, -0.05) is 18.2 Å². The summed E-state index contributed by atoms with van der Waals surface area (Å²) in [5, 5.41) is 10.8. The molecule has 2 heterocycles. The average Bonchev–Trinajstić information content (AvgIpc) is 3.18. The molecule has 0 saturated heterocycles. The maximum atomic E-state index is 12.4. The number of amides is 2. The van der Waals surface area contributed by atoms with E-state index in [1.807, 2.05) is 12.1 Å². The number of carbonyl (C=O) groups is 2. The quantitative estimate of drug-likeness (QED) is 0.638. The van der Waals surface area contributed by atoms with Crippen LogP contribution < -0.4 is 16.2 Å². The number of aryl methyl sites for hydroxylation is 1. The smallest absolute Gasteiger partial charge is 0.287 e. The number of furan rings is 1. The van der Waals surface area contributed by atoms with Crippen LogP contribution >= 0.6 is 0 Å². The summed E-state index contributed by atoms with van der Waals surface area (Å²) >= 11 is 0. The Balaban J connectivity index is 1.55. The van der Waals surface area contributed by atoms with Crippen molar-refractivity contribution < 1.29 is 14.0 Å². The van der Waals surface area contributed by atoms with E-state index in [9.17, 15) is 14.4 Å². The molecule has 0 aliphatic rings. The van der Waals surface area contributed by atoms with Crippen molar-refractivity contribution >= 4 is 22.6 Å². The third-order valence-electron chi connectivity index (χ3n) is 3.82. The van der Waals surface area contributed by atoms with Crippen LogP contribution in [0.4, 0.5) is 0 Å². The highest BCUT2D eigenvalue weighted by molar-refractivity contribution is 5.91. The van der Waals surface area contributed by atoms with Gasteiger partial charge in [-0.25, -0.2) is 4.68 Å². The highest BCUT2D eigenvalue weighted by atomic mass is 16.3. The summed E-state index contributed by atoms with van der Waals surface area (Å²) in [5.74, 6) is -0.507. The predicted molar refractivity (Wildman–Crippen MR) is 94.8 cm³/mol. The molecule has 134 valence electrons. The number of hydrogen-bond donors (Lipinski definition) is 2. The molecule has 1 aromatic carbocycles. The van der Waals surface area contributed by atoms with Gasteiger partial charge >= 0.3 is 0 Å². The molecule has 0 saturated carbocycles. The Morgan fingerprint density at radius 3 is 2.54 bits per heavy atom. The van der Waals surface area contributed by atoms with Crippen LogP contribution in [0.5, 0.6) is 0 Å². The van der Waals surface area contributed by atoms with Crippen LogP contribution in [0, 0.1) is 6.92 Å². The van der Waals surface area contributed by atoms with Gasteiger partial charge in [-0.15, -0.1) is 0 Å². The number of aromatic nitrogens is 2. The van der Waals surface area contributed by atoms with Gasteiger partial charge < -0.3 is 15.1 Å². The Labute approximate surface area is 148 Å². The fourth-order valence-electron chi connectivity index (χ4n) is 2.58. The zero-order chi connectivity index (χ0) is 18.5. The lowest BCUT2D eigenvalue weighted by Gasteiger charge is -2.09. The van der Waals surface area contributed by atoms with Gasteiger partial charge in [-0.3, -0.25) is 14.4 Å². The van der Waals surface area contributed by atoms with Crippen LogP contribution in [0.15, 0.2) is 51.9 Å². The molecular weight excluding hydrogens is 336 g/mol. The number of hydrogen-bond acceptors (Lipinski definition) is 5. The lowest BCUT2D eigenvalue weighted by atomic mass is 10.1. The average molecular weight is 354 g/mol. The number of nitrogens with zero attached hydrogens (tertiary/aromatic N) is 2. The fourth-order valence-corrected chi connectivity index (χ4v) is 2.58. The number of rotatable bonds is 6. The van der Waals surface area contributed by atoms with Gasteiger partial charge in [0.15, 0.2) is 5.76 Å². The second-order valence-electron chi connectivity index (χ2n) is 5.68. The van der Waals surface area contributed by atoms with Crippen LogP contribution in [0.1, 0.15) is 16.2 Å². The van der Waals surface area contributed by atoms with Crippen molar-refractivity contribution in [3.05, 3.63) is 64.5 Å². The van der Waals surface area contributed by atoms with E-state index in [0.29, 0.717) is 11.1 Å². The molecule has 3 rings (SSSR count). The number of fused-ring (bicyclic) bond motifs is 1. The van der Waals surface area contributed by atoms with Crippen LogP contribution in [0.2, 0.25) is 0 Å². The lowest BCUT2D eigenvalue weighted by Crippen LogP contribution is -2.38. The van der Waals surface area contributed by atoms with Crippen molar-refractivity contribution in [1.29, 1.82) is 0 Å². The summed E-state index contributed by atoms with van der Waals surface area (Å²) in [6, 6.07) is 10.3. The van der Waals surface area contributed by atoms with E-state index in [1.165, 1.54) is 6.26 Å². The Bertz CT molecular complexity index is 992. The van der Waals surface area contributed by atoms with Crippen molar-refractivity contribution in [3.8, 4) is 0 Å². The molecule has 0 aliphatic heterocycles. The molecule has 0 spiro atoms. The van der Waals surface area contributed by atoms with Crippen molar-refractivity contribution in [1.82, 2.24) is 20.4 Å². The van der Waals surface area contributed by atoms with Crippen molar-refractivity contribution in [2.24, 2.45) is 0 Å². The molecule has 26 heavy (non-hydrogen) atoms. The zero-order valence-corrected chi connectivity index (χ0v) is 14.2. The standard InChI is InChI=1S/C18H18N4O4/c1-12-13-5-2-3-6-14(13)18(25)22(21-12)11-16(23)19-8-9-20-17(24)15-7-4-10-26-15/h2-7,10H,8-9,11H2,1H3,(H,19,23)(H,20,24). The van der Waals surface area contributed by atoms with Crippen LogP contribution in [-0.2, 0) is 11.3 Å². The number of carbonyl (C=O) groups excluding carboxylic acids is 2. The van der Waals surface area contributed by atoms with Gasteiger partial charge in [-0.2, -0.15) is 5.10 Å². The summed E-state index contributed by atoms with van der Waals surface area (Å²) in [4.78, 5) is 36.1. The molecule has 3 aromatic rings. The minimum absolute atomic E-state index is 0.184. The fraction of sp³-hybridized carbons (Fsp3) is 0.222. The molecule has 0 aliphatic carbocycles. The van der Waals surface area contributed by atoms with Crippen LogP contribution in [-0.4, -0.2) is 34.7 Å². The minimum atomic E-state index is -0.360. The maximum absolute atomic E-state index is 12.4. The number of benzene rings is 1. The first kappa shape index (κ1) is 17.4. The van der Waals surface area contributed by atoms with E-state index < -0.39 is 0 Å². The molecule has 0 fully saturated rings. The minimum Gasteiger partial charge on any atom is -0.459 e. The summed E-state index contributed by atoms with van der Waals surface area (Å²) in [5.41, 5.74) is 0.367. The highest BCUT2D eigenvalue weighted by Crippen LogP contribution is 2.11. The van der Waals surface area contributed by atoms with Gasteiger partial charge in [-0.05, 0) is 25.1 Å². The predicted octanol–water partition coefficient (Wildman–Crippen LogP) is 0.844. The maximum Gasteiger partial charge on any atom is 0.287 e. The first-order chi connectivity index (χ1) is 12.6. The molecule has 2 N–H and O–H groups in total. The summed E-state index contributed by atoms with van der Waals surface area (Å²) < 4.78 is 6.11. The van der Waals surface area contributed by atoms with E-state index >= 15 is 0 Å². The van der Waals surface area contributed by atoms with Gasteiger partial charge in [0.2, 0.25) is 5.91 Å². The second kappa shape index (κ2) is 7.64. The molecule has 0 bridgehead atoms. The Kier molecular flexibility index (Phi) is 5.12. The molecule has 8 nitrogen and oxygen atoms in total. The molecule has 2 aromatic heterocycles. The Morgan fingerprint density at radius 1 is 1.08 bits per heavy atom. The monoisotopic (exact) mass is 354 g/mol. The van der Waals surface area contributed by atoms with Crippen LogP contribution in [0.25, 0.3) is 10.8 Å². The molecule has 0 unspecified atom stereocenters. The van der Waals surface area contributed by atoms with Gasteiger partial charge in [0.1, 0.15) is 6.54 Å². The topological polar surface area (TPSA) is 106 Å². The summed E-state index contributed by atoms with van der Waals surface area (Å²) in [6.07, 6.45) is 1.41. The highest BCUT2D eigenvalue weighted by Gasteiger charge is 2.11. The van der Waals surface area contributed by atoms with Gasteiger partial charge in [0, 0.05) is 18.5 Å². The molecule has 0 radical (unpaired) electrons. The SMILES string of the molecule is Cc1nn(CC(=O)NCCNC(=O)c2ccco2)c(=O)c2ccccc12. The van der Waals surface area contributed by atoms with Crippen LogP contribution in [0.3, 0.4) is 0 Å². The second-order valence-corrected chi connectivity index (χ2v) is 5.68. The lowest BCUT2D eigenvalue weighted by molar-refractivity contribution is -0.121.